The SMILES string of the molecule is CC[C@@H](O)[C@@H](N)c1ccccc1.Cl. The lowest BCUT2D eigenvalue weighted by atomic mass is 10.0. The van der Waals surface area contributed by atoms with Gasteiger partial charge in [-0.1, -0.05) is 37.3 Å². The predicted molar refractivity (Wildman–Crippen MR) is 56.9 cm³/mol. The standard InChI is InChI=1S/C10H15NO.ClH/c1-2-9(12)10(11)8-6-4-3-5-7-8;/h3-7,9-10,12H,2,11H2,1H3;1H/t9-,10+;/m1./s1. The van der Waals surface area contributed by atoms with Gasteiger partial charge in [-0.3, -0.25) is 0 Å². The van der Waals surface area contributed by atoms with Crippen molar-refractivity contribution in [3.63, 3.8) is 0 Å². The maximum atomic E-state index is 9.45. The molecule has 13 heavy (non-hydrogen) atoms. The molecule has 0 aliphatic carbocycles. The molecule has 3 heteroatoms. The Labute approximate surface area is 85.2 Å². The van der Waals surface area contributed by atoms with Crippen LogP contribution in [0.1, 0.15) is 24.9 Å². The molecule has 74 valence electrons. The smallest absolute Gasteiger partial charge is 0.0730 e. The highest BCUT2D eigenvalue weighted by molar-refractivity contribution is 5.85. The molecular formula is C10H16ClNO. The highest BCUT2D eigenvalue weighted by Gasteiger charge is 2.13. The van der Waals surface area contributed by atoms with E-state index in [2.05, 4.69) is 0 Å². The van der Waals surface area contributed by atoms with Gasteiger partial charge in [0.15, 0.2) is 0 Å². The molecule has 0 aromatic heterocycles. The van der Waals surface area contributed by atoms with E-state index in [1.54, 1.807) is 0 Å². The Hall–Kier alpha value is -0.570. The second kappa shape index (κ2) is 5.97. The Morgan fingerprint density at radius 3 is 2.31 bits per heavy atom. The summed E-state index contributed by atoms with van der Waals surface area (Å²) in [6, 6.07) is 9.41. The highest BCUT2D eigenvalue weighted by atomic mass is 35.5. The van der Waals surface area contributed by atoms with Crippen molar-refractivity contribution in [1.82, 2.24) is 0 Å². The summed E-state index contributed by atoms with van der Waals surface area (Å²) < 4.78 is 0. The first-order valence-corrected chi connectivity index (χ1v) is 4.24. The van der Waals surface area contributed by atoms with E-state index in [4.69, 9.17) is 5.73 Å². The molecular weight excluding hydrogens is 186 g/mol. The quantitative estimate of drug-likeness (QED) is 0.785. The zero-order valence-electron chi connectivity index (χ0n) is 7.68. The second-order valence-electron chi connectivity index (χ2n) is 2.91. The molecule has 3 N–H and O–H groups in total. The Balaban J connectivity index is 0.00000144. The van der Waals surface area contributed by atoms with Gasteiger partial charge < -0.3 is 10.8 Å². The number of rotatable bonds is 3. The van der Waals surface area contributed by atoms with E-state index < -0.39 is 6.10 Å². The minimum absolute atomic E-state index is 0. The molecule has 0 amide bonds. The van der Waals surface area contributed by atoms with Crippen LogP contribution in [0, 0.1) is 0 Å². The molecule has 0 bridgehead atoms. The Kier molecular flexibility index (Phi) is 5.71. The van der Waals surface area contributed by atoms with Crippen molar-refractivity contribution >= 4 is 12.4 Å². The van der Waals surface area contributed by atoms with Crippen molar-refractivity contribution in [2.24, 2.45) is 5.73 Å². The fraction of sp³-hybridized carbons (Fsp3) is 0.400. The summed E-state index contributed by atoms with van der Waals surface area (Å²) >= 11 is 0. The monoisotopic (exact) mass is 201 g/mol. The van der Waals surface area contributed by atoms with Crippen LogP contribution in [-0.4, -0.2) is 11.2 Å². The van der Waals surface area contributed by atoms with Crippen LogP contribution in [0.15, 0.2) is 30.3 Å². The topological polar surface area (TPSA) is 46.2 Å². The number of benzene rings is 1. The van der Waals surface area contributed by atoms with Crippen molar-refractivity contribution in [2.45, 2.75) is 25.5 Å². The van der Waals surface area contributed by atoms with Crippen LogP contribution >= 0.6 is 12.4 Å². The van der Waals surface area contributed by atoms with Crippen LogP contribution in [0.4, 0.5) is 0 Å². The van der Waals surface area contributed by atoms with Gasteiger partial charge in [0, 0.05) is 0 Å². The van der Waals surface area contributed by atoms with Crippen molar-refractivity contribution in [1.29, 1.82) is 0 Å². The van der Waals surface area contributed by atoms with Gasteiger partial charge in [0.1, 0.15) is 0 Å². The predicted octanol–water partition coefficient (Wildman–Crippen LogP) is 1.88. The van der Waals surface area contributed by atoms with Crippen molar-refractivity contribution in [3.8, 4) is 0 Å². The third-order valence-electron chi connectivity index (χ3n) is 2.02. The van der Waals surface area contributed by atoms with Gasteiger partial charge in [0.2, 0.25) is 0 Å². The number of halogens is 1. The fourth-order valence-corrected chi connectivity index (χ4v) is 1.15. The van der Waals surface area contributed by atoms with Gasteiger partial charge in [-0.25, -0.2) is 0 Å². The maximum absolute atomic E-state index is 9.45. The lowest BCUT2D eigenvalue weighted by Gasteiger charge is -2.17. The zero-order valence-corrected chi connectivity index (χ0v) is 8.50. The van der Waals surface area contributed by atoms with Crippen LogP contribution in [-0.2, 0) is 0 Å². The first-order valence-electron chi connectivity index (χ1n) is 4.24. The largest absolute Gasteiger partial charge is 0.391 e. The van der Waals surface area contributed by atoms with E-state index in [0.29, 0.717) is 6.42 Å². The number of aliphatic hydroxyl groups excluding tert-OH is 1. The summed E-state index contributed by atoms with van der Waals surface area (Å²) in [5, 5.41) is 9.45. The molecule has 0 saturated carbocycles. The van der Waals surface area contributed by atoms with E-state index in [9.17, 15) is 5.11 Å². The number of hydrogen-bond acceptors (Lipinski definition) is 2. The minimum atomic E-state index is -0.438. The summed E-state index contributed by atoms with van der Waals surface area (Å²) in [6.45, 7) is 1.92. The highest BCUT2D eigenvalue weighted by Crippen LogP contribution is 2.15. The van der Waals surface area contributed by atoms with E-state index in [-0.39, 0.29) is 18.4 Å². The van der Waals surface area contributed by atoms with E-state index in [1.807, 2.05) is 37.3 Å². The van der Waals surface area contributed by atoms with Gasteiger partial charge in [-0.15, -0.1) is 12.4 Å². The van der Waals surface area contributed by atoms with Crippen LogP contribution in [0.2, 0.25) is 0 Å². The average molecular weight is 202 g/mol. The summed E-state index contributed by atoms with van der Waals surface area (Å²) in [5.74, 6) is 0. The van der Waals surface area contributed by atoms with Gasteiger partial charge in [-0.05, 0) is 12.0 Å². The van der Waals surface area contributed by atoms with E-state index in [0.717, 1.165) is 5.56 Å². The van der Waals surface area contributed by atoms with Gasteiger partial charge in [-0.2, -0.15) is 0 Å². The minimum Gasteiger partial charge on any atom is -0.391 e. The molecule has 2 atom stereocenters. The first kappa shape index (κ1) is 12.4. The Morgan fingerprint density at radius 1 is 1.31 bits per heavy atom. The van der Waals surface area contributed by atoms with Crippen LogP contribution in [0.25, 0.3) is 0 Å². The van der Waals surface area contributed by atoms with Crippen LogP contribution in [0.5, 0.6) is 0 Å². The van der Waals surface area contributed by atoms with Gasteiger partial charge in [0.25, 0.3) is 0 Å². The van der Waals surface area contributed by atoms with Crippen molar-refractivity contribution in [2.75, 3.05) is 0 Å². The second-order valence-corrected chi connectivity index (χ2v) is 2.91. The molecule has 0 fully saturated rings. The Bertz CT molecular complexity index is 228. The normalized spacial score (nSPS) is 14.4. The molecule has 0 unspecified atom stereocenters. The third kappa shape index (κ3) is 3.35. The Morgan fingerprint density at radius 2 is 1.85 bits per heavy atom. The molecule has 0 spiro atoms. The van der Waals surface area contributed by atoms with Gasteiger partial charge >= 0.3 is 0 Å². The first-order chi connectivity index (χ1) is 5.75. The molecule has 0 heterocycles. The fourth-order valence-electron chi connectivity index (χ4n) is 1.15. The lowest BCUT2D eigenvalue weighted by molar-refractivity contribution is 0.140. The third-order valence-corrected chi connectivity index (χ3v) is 2.02. The molecule has 2 nitrogen and oxygen atoms in total. The van der Waals surface area contributed by atoms with Crippen molar-refractivity contribution < 1.29 is 5.11 Å². The summed E-state index contributed by atoms with van der Waals surface area (Å²) in [4.78, 5) is 0. The van der Waals surface area contributed by atoms with Crippen LogP contribution < -0.4 is 5.73 Å². The molecule has 0 aliphatic rings. The van der Waals surface area contributed by atoms with Crippen LogP contribution in [0.3, 0.4) is 0 Å². The van der Waals surface area contributed by atoms with E-state index in [1.165, 1.54) is 0 Å². The molecule has 1 aromatic rings. The molecule has 0 radical (unpaired) electrons. The number of hydrogen-bond donors (Lipinski definition) is 2. The molecule has 1 rings (SSSR count). The van der Waals surface area contributed by atoms with Crippen molar-refractivity contribution in [3.05, 3.63) is 35.9 Å². The van der Waals surface area contributed by atoms with Gasteiger partial charge in [0.05, 0.1) is 12.1 Å². The molecule has 1 aromatic carbocycles. The summed E-state index contributed by atoms with van der Waals surface area (Å²) in [6.07, 6.45) is 0.253. The van der Waals surface area contributed by atoms with E-state index >= 15 is 0 Å². The average Bonchev–Trinajstić information content (AvgIpc) is 2.17. The molecule has 0 aliphatic heterocycles. The number of aliphatic hydroxyl groups is 1. The lowest BCUT2D eigenvalue weighted by Crippen LogP contribution is -2.25. The zero-order chi connectivity index (χ0) is 8.97. The molecule has 0 saturated heterocycles. The number of nitrogens with two attached hydrogens (primary N) is 1. The summed E-state index contributed by atoms with van der Waals surface area (Å²) in [5.41, 5.74) is 6.79. The maximum Gasteiger partial charge on any atom is 0.0730 e. The summed E-state index contributed by atoms with van der Waals surface area (Å²) in [7, 11) is 0.